The van der Waals surface area contributed by atoms with Gasteiger partial charge in [-0.3, -0.25) is 4.79 Å². The van der Waals surface area contributed by atoms with Crippen molar-refractivity contribution in [3.63, 3.8) is 0 Å². The molecule has 1 amide bonds. The van der Waals surface area contributed by atoms with Gasteiger partial charge in [0.2, 0.25) is 0 Å². The Morgan fingerprint density at radius 3 is 2.89 bits per heavy atom. The predicted octanol–water partition coefficient (Wildman–Crippen LogP) is 2.84. The van der Waals surface area contributed by atoms with Crippen molar-refractivity contribution in [2.45, 2.75) is 19.4 Å². The molecule has 2 heterocycles. The summed E-state index contributed by atoms with van der Waals surface area (Å²) in [6.45, 7) is 2.43. The third-order valence-electron chi connectivity index (χ3n) is 3.23. The lowest BCUT2D eigenvalue weighted by Gasteiger charge is -2.26. The van der Waals surface area contributed by atoms with Gasteiger partial charge in [0.25, 0.3) is 5.91 Å². The van der Waals surface area contributed by atoms with Gasteiger partial charge in [0.15, 0.2) is 5.76 Å². The first-order chi connectivity index (χ1) is 9.24. The van der Waals surface area contributed by atoms with Gasteiger partial charge in [-0.25, -0.2) is 0 Å². The largest absolute Gasteiger partial charge is 0.493 e. The van der Waals surface area contributed by atoms with Gasteiger partial charge in [0, 0.05) is 12.0 Å². The molecule has 4 nitrogen and oxygen atoms in total. The monoisotopic (exact) mass is 257 g/mol. The number of nitrogens with one attached hydrogen (secondary N) is 1. The Morgan fingerprint density at radius 2 is 2.11 bits per heavy atom. The summed E-state index contributed by atoms with van der Waals surface area (Å²) in [5.41, 5.74) is 1.02. The molecule has 1 aliphatic heterocycles. The number of para-hydroxylation sites is 1. The smallest absolute Gasteiger partial charge is 0.287 e. The maximum absolute atomic E-state index is 12.1. The second-order valence-electron chi connectivity index (χ2n) is 4.61. The molecule has 1 N–H and O–H groups in total. The first-order valence-electron chi connectivity index (χ1n) is 6.33. The van der Waals surface area contributed by atoms with E-state index in [1.807, 2.05) is 31.2 Å². The molecule has 0 radical (unpaired) electrons. The van der Waals surface area contributed by atoms with E-state index in [0.717, 1.165) is 23.5 Å². The van der Waals surface area contributed by atoms with E-state index in [9.17, 15) is 4.79 Å². The van der Waals surface area contributed by atoms with E-state index in [0.29, 0.717) is 12.4 Å². The molecule has 2 aromatic rings. The Morgan fingerprint density at radius 1 is 1.26 bits per heavy atom. The average molecular weight is 257 g/mol. The summed E-state index contributed by atoms with van der Waals surface area (Å²) in [4.78, 5) is 12.1. The van der Waals surface area contributed by atoms with Crippen molar-refractivity contribution in [3.05, 3.63) is 53.5 Å². The number of rotatable bonds is 2. The third-order valence-corrected chi connectivity index (χ3v) is 3.23. The van der Waals surface area contributed by atoms with E-state index in [4.69, 9.17) is 9.15 Å². The predicted molar refractivity (Wildman–Crippen MR) is 70.2 cm³/mol. The van der Waals surface area contributed by atoms with Gasteiger partial charge in [0.1, 0.15) is 11.5 Å². The van der Waals surface area contributed by atoms with Crippen molar-refractivity contribution >= 4 is 5.91 Å². The zero-order valence-corrected chi connectivity index (χ0v) is 10.7. The van der Waals surface area contributed by atoms with Gasteiger partial charge in [0.05, 0.1) is 12.6 Å². The highest BCUT2D eigenvalue weighted by molar-refractivity contribution is 5.91. The van der Waals surface area contributed by atoms with Crippen molar-refractivity contribution in [1.29, 1.82) is 0 Å². The summed E-state index contributed by atoms with van der Waals surface area (Å²) in [5, 5.41) is 2.99. The number of amides is 1. The minimum Gasteiger partial charge on any atom is -0.493 e. The molecular formula is C15H15NO3. The molecule has 19 heavy (non-hydrogen) atoms. The highest BCUT2D eigenvalue weighted by Gasteiger charge is 2.23. The number of ether oxygens (including phenoxy) is 1. The number of carbonyl (C=O) groups is 1. The summed E-state index contributed by atoms with van der Waals surface area (Å²) < 4.78 is 10.9. The standard InChI is InChI=1S/C15H15NO3/c1-10-6-7-14(19-10)15(17)16-12-8-9-18-13-5-3-2-4-11(12)13/h2-7,12H,8-9H2,1H3,(H,16,17)/t12-/m0/s1. The summed E-state index contributed by atoms with van der Waals surface area (Å²) in [5.74, 6) is 1.74. The number of hydrogen-bond acceptors (Lipinski definition) is 3. The Kier molecular flexibility index (Phi) is 2.99. The van der Waals surface area contributed by atoms with Crippen LogP contribution in [0.1, 0.15) is 34.3 Å². The summed E-state index contributed by atoms with van der Waals surface area (Å²) in [7, 11) is 0. The van der Waals surface area contributed by atoms with E-state index >= 15 is 0 Å². The fourth-order valence-electron chi connectivity index (χ4n) is 2.28. The fourth-order valence-corrected chi connectivity index (χ4v) is 2.28. The van der Waals surface area contributed by atoms with Crippen molar-refractivity contribution < 1.29 is 13.9 Å². The maximum Gasteiger partial charge on any atom is 0.287 e. The molecule has 0 aliphatic carbocycles. The lowest BCUT2D eigenvalue weighted by molar-refractivity contribution is 0.0895. The number of hydrogen-bond donors (Lipinski definition) is 1. The Balaban J connectivity index is 1.79. The van der Waals surface area contributed by atoms with E-state index < -0.39 is 0 Å². The van der Waals surface area contributed by atoms with Crippen molar-refractivity contribution in [2.24, 2.45) is 0 Å². The minimum atomic E-state index is -0.185. The van der Waals surface area contributed by atoms with Crippen LogP contribution in [0, 0.1) is 6.92 Å². The van der Waals surface area contributed by atoms with Crippen LogP contribution in [0.3, 0.4) is 0 Å². The molecule has 1 aromatic carbocycles. The average Bonchev–Trinajstić information content (AvgIpc) is 2.86. The molecule has 0 fully saturated rings. The summed E-state index contributed by atoms with van der Waals surface area (Å²) in [6.07, 6.45) is 0.766. The van der Waals surface area contributed by atoms with Crippen LogP contribution in [0.5, 0.6) is 5.75 Å². The molecule has 98 valence electrons. The first kappa shape index (κ1) is 11.8. The van der Waals surface area contributed by atoms with Gasteiger partial charge in [-0.2, -0.15) is 0 Å². The van der Waals surface area contributed by atoms with Crippen LogP contribution >= 0.6 is 0 Å². The number of fused-ring (bicyclic) bond motifs is 1. The van der Waals surface area contributed by atoms with Crippen molar-refractivity contribution in [1.82, 2.24) is 5.32 Å². The first-order valence-corrected chi connectivity index (χ1v) is 6.33. The Labute approximate surface area is 111 Å². The van der Waals surface area contributed by atoms with Crippen LogP contribution in [0.15, 0.2) is 40.8 Å². The number of benzene rings is 1. The minimum absolute atomic E-state index is 0.0251. The van der Waals surface area contributed by atoms with E-state index in [1.165, 1.54) is 0 Å². The molecule has 1 aliphatic rings. The van der Waals surface area contributed by atoms with Crippen LogP contribution < -0.4 is 10.1 Å². The van der Waals surface area contributed by atoms with Crippen LogP contribution in [0.25, 0.3) is 0 Å². The second kappa shape index (κ2) is 4.80. The topological polar surface area (TPSA) is 51.5 Å². The molecule has 0 spiro atoms. The molecule has 0 saturated carbocycles. The molecular weight excluding hydrogens is 242 g/mol. The number of furan rings is 1. The lowest BCUT2D eigenvalue weighted by atomic mass is 10.0. The van der Waals surface area contributed by atoms with Gasteiger partial charge in [-0.05, 0) is 25.1 Å². The lowest BCUT2D eigenvalue weighted by Crippen LogP contribution is -2.31. The quantitative estimate of drug-likeness (QED) is 0.900. The Hall–Kier alpha value is -2.23. The third kappa shape index (κ3) is 2.34. The zero-order valence-electron chi connectivity index (χ0n) is 10.7. The number of carbonyl (C=O) groups excluding carboxylic acids is 1. The molecule has 1 aromatic heterocycles. The highest BCUT2D eigenvalue weighted by Crippen LogP contribution is 2.31. The second-order valence-corrected chi connectivity index (χ2v) is 4.61. The molecule has 4 heteroatoms. The molecule has 3 rings (SSSR count). The van der Waals surface area contributed by atoms with E-state index in [2.05, 4.69) is 5.32 Å². The van der Waals surface area contributed by atoms with Crippen LogP contribution in [0.2, 0.25) is 0 Å². The zero-order chi connectivity index (χ0) is 13.2. The van der Waals surface area contributed by atoms with Gasteiger partial charge < -0.3 is 14.5 Å². The van der Waals surface area contributed by atoms with Crippen LogP contribution in [0.4, 0.5) is 0 Å². The van der Waals surface area contributed by atoms with Gasteiger partial charge in [-0.15, -0.1) is 0 Å². The van der Waals surface area contributed by atoms with E-state index in [-0.39, 0.29) is 11.9 Å². The SMILES string of the molecule is Cc1ccc(C(=O)N[C@H]2CCOc3ccccc32)o1. The normalized spacial score (nSPS) is 17.4. The van der Waals surface area contributed by atoms with Gasteiger partial charge >= 0.3 is 0 Å². The molecule has 1 atom stereocenters. The van der Waals surface area contributed by atoms with Gasteiger partial charge in [-0.1, -0.05) is 18.2 Å². The van der Waals surface area contributed by atoms with E-state index in [1.54, 1.807) is 12.1 Å². The maximum atomic E-state index is 12.1. The Bertz CT molecular complexity index is 603. The summed E-state index contributed by atoms with van der Waals surface area (Å²) >= 11 is 0. The number of aryl methyl sites for hydroxylation is 1. The molecule has 0 saturated heterocycles. The molecule has 0 bridgehead atoms. The van der Waals surface area contributed by atoms with Crippen molar-refractivity contribution in [3.8, 4) is 5.75 Å². The van der Waals surface area contributed by atoms with Crippen LogP contribution in [-0.2, 0) is 0 Å². The fraction of sp³-hybridized carbons (Fsp3) is 0.267. The van der Waals surface area contributed by atoms with Crippen molar-refractivity contribution in [2.75, 3.05) is 6.61 Å². The van der Waals surface area contributed by atoms with Crippen LogP contribution in [-0.4, -0.2) is 12.5 Å². The summed E-state index contributed by atoms with van der Waals surface area (Å²) in [6, 6.07) is 11.2. The molecule has 0 unspecified atom stereocenters. The highest BCUT2D eigenvalue weighted by atomic mass is 16.5.